The standard InChI is InChI=1S/C29H34FN5O3/c1-6-35-23-10-8-7-9-18(23)16-25(35)26-31-21-15-19(11-12-24(21)33(26)5)27(36)34-14-13-20(30)22(17-34)32-28(37)38-29(2,3)4/h7-12,15-16,20,22H,6,13-14,17H2,1-5H3,(H,32,37)/t20-,22-/m1/s1. The van der Waals surface area contributed by atoms with Gasteiger partial charge in [-0.05, 0) is 64.4 Å². The van der Waals surface area contributed by atoms with Gasteiger partial charge in [-0.2, -0.15) is 0 Å². The van der Waals surface area contributed by atoms with E-state index in [0.717, 1.165) is 34.5 Å². The summed E-state index contributed by atoms with van der Waals surface area (Å²) < 4.78 is 24.2. The molecule has 1 saturated heterocycles. The van der Waals surface area contributed by atoms with Crippen molar-refractivity contribution >= 4 is 33.9 Å². The first kappa shape index (κ1) is 25.8. The van der Waals surface area contributed by atoms with Crippen molar-refractivity contribution in [1.29, 1.82) is 0 Å². The van der Waals surface area contributed by atoms with Crippen molar-refractivity contribution in [3.05, 3.63) is 54.1 Å². The first-order valence-corrected chi connectivity index (χ1v) is 13.0. The molecule has 3 heterocycles. The van der Waals surface area contributed by atoms with E-state index in [-0.39, 0.29) is 25.4 Å². The first-order valence-electron chi connectivity index (χ1n) is 13.0. The molecule has 8 nitrogen and oxygen atoms in total. The molecular formula is C29H34FN5O3. The number of halogens is 1. The van der Waals surface area contributed by atoms with Crippen LogP contribution >= 0.6 is 0 Å². The lowest BCUT2D eigenvalue weighted by Gasteiger charge is -2.35. The summed E-state index contributed by atoms with van der Waals surface area (Å²) in [7, 11) is 1.97. The Balaban J connectivity index is 1.40. The molecule has 5 rings (SSSR count). The van der Waals surface area contributed by atoms with Crippen molar-refractivity contribution in [2.24, 2.45) is 7.05 Å². The number of alkyl carbamates (subject to hydrolysis) is 1. The van der Waals surface area contributed by atoms with Gasteiger partial charge in [0.1, 0.15) is 11.8 Å². The number of alkyl halides is 1. The number of para-hydroxylation sites is 1. The van der Waals surface area contributed by atoms with Crippen LogP contribution < -0.4 is 5.32 Å². The minimum atomic E-state index is -1.25. The lowest BCUT2D eigenvalue weighted by atomic mass is 10.0. The summed E-state index contributed by atoms with van der Waals surface area (Å²) >= 11 is 0. The Hall–Kier alpha value is -3.88. The van der Waals surface area contributed by atoms with Crippen LogP contribution in [0.2, 0.25) is 0 Å². The van der Waals surface area contributed by atoms with E-state index in [1.54, 1.807) is 37.8 Å². The van der Waals surface area contributed by atoms with Crippen molar-refractivity contribution in [2.75, 3.05) is 13.1 Å². The molecule has 200 valence electrons. The van der Waals surface area contributed by atoms with E-state index in [2.05, 4.69) is 35.0 Å². The molecule has 2 aromatic heterocycles. The Morgan fingerprint density at radius 1 is 1.13 bits per heavy atom. The summed E-state index contributed by atoms with van der Waals surface area (Å²) in [6, 6.07) is 15.0. The highest BCUT2D eigenvalue weighted by Crippen LogP contribution is 2.30. The lowest BCUT2D eigenvalue weighted by molar-refractivity contribution is 0.0366. The zero-order valence-electron chi connectivity index (χ0n) is 22.5. The van der Waals surface area contributed by atoms with Crippen molar-refractivity contribution in [3.63, 3.8) is 0 Å². The molecule has 0 unspecified atom stereocenters. The van der Waals surface area contributed by atoms with Gasteiger partial charge < -0.3 is 24.1 Å². The minimum Gasteiger partial charge on any atom is -0.444 e. The zero-order chi connectivity index (χ0) is 27.2. The number of piperidine rings is 1. The van der Waals surface area contributed by atoms with Gasteiger partial charge in [0, 0.05) is 43.1 Å². The zero-order valence-corrected chi connectivity index (χ0v) is 22.5. The fourth-order valence-corrected chi connectivity index (χ4v) is 5.18. The number of nitrogens with zero attached hydrogens (tertiary/aromatic N) is 4. The van der Waals surface area contributed by atoms with Crippen molar-refractivity contribution < 1.29 is 18.7 Å². The summed E-state index contributed by atoms with van der Waals surface area (Å²) in [5.74, 6) is 0.604. The predicted molar refractivity (Wildman–Crippen MR) is 146 cm³/mol. The van der Waals surface area contributed by atoms with Gasteiger partial charge in [0.15, 0.2) is 5.82 Å². The van der Waals surface area contributed by atoms with Crippen LogP contribution in [0.4, 0.5) is 9.18 Å². The third-order valence-electron chi connectivity index (χ3n) is 7.00. The highest BCUT2D eigenvalue weighted by Gasteiger charge is 2.34. The Morgan fingerprint density at radius 2 is 1.89 bits per heavy atom. The number of carbonyl (C=O) groups excluding carboxylic acids is 2. The number of amides is 2. The molecule has 0 radical (unpaired) electrons. The number of likely N-dealkylation sites (tertiary alicyclic amines) is 1. The normalized spacial score (nSPS) is 18.2. The number of aromatic nitrogens is 3. The van der Waals surface area contributed by atoms with Crippen molar-refractivity contribution in [3.8, 4) is 11.5 Å². The average Bonchev–Trinajstić information content (AvgIpc) is 3.40. The van der Waals surface area contributed by atoms with Gasteiger partial charge in [-0.15, -0.1) is 0 Å². The van der Waals surface area contributed by atoms with Crippen LogP contribution in [0.25, 0.3) is 33.5 Å². The highest BCUT2D eigenvalue weighted by molar-refractivity contribution is 5.98. The molecule has 1 aliphatic heterocycles. The molecule has 2 amide bonds. The molecule has 0 saturated carbocycles. The maximum Gasteiger partial charge on any atom is 0.408 e. The largest absolute Gasteiger partial charge is 0.444 e. The summed E-state index contributed by atoms with van der Waals surface area (Å²) in [5.41, 5.74) is 3.58. The molecule has 0 bridgehead atoms. The smallest absolute Gasteiger partial charge is 0.408 e. The van der Waals surface area contributed by atoms with Crippen LogP contribution in [0.3, 0.4) is 0 Å². The van der Waals surface area contributed by atoms with E-state index in [1.165, 1.54) is 0 Å². The monoisotopic (exact) mass is 519 g/mol. The van der Waals surface area contributed by atoms with Gasteiger partial charge in [-0.25, -0.2) is 14.2 Å². The Labute approximate surface area is 221 Å². The molecule has 1 fully saturated rings. The fraction of sp³-hybridized carbons (Fsp3) is 0.414. The molecule has 38 heavy (non-hydrogen) atoms. The van der Waals surface area contributed by atoms with Crippen molar-refractivity contribution in [2.45, 2.75) is 58.5 Å². The topological polar surface area (TPSA) is 81.4 Å². The van der Waals surface area contributed by atoms with Gasteiger partial charge in [0.05, 0.1) is 22.8 Å². The summed E-state index contributed by atoms with van der Waals surface area (Å²) in [6.07, 6.45) is -1.80. The van der Waals surface area contributed by atoms with Crippen LogP contribution in [0.5, 0.6) is 0 Å². The van der Waals surface area contributed by atoms with Gasteiger partial charge in [-0.1, -0.05) is 18.2 Å². The van der Waals surface area contributed by atoms with Crippen LogP contribution in [-0.4, -0.2) is 61.9 Å². The highest BCUT2D eigenvalue weighted by atomic mass is 19.1. The van der Waals surface area contributed by atoms with Gasteiger partial charge in [0.25, 0.3) is 5.91 Å². The number of rotatable bonds is 4. The number of ether oxygens (including phenoxy) is 1. The second-order valence-corrected chi connectivity index (χ2v) is 10.8. The molecule has 0 aliphatic carbocycles. The molecule has 2 aromatic carbocycles. The number of nitrogens with one attached hydrogen (secondary N) is 1. The Kier molecular flexibility index (Phi) is 6.63. The number of carbonyl (C=O) groups is 2. The van der Waals surface area contributed by atoms with E-state index in [0.29, 0.717) is 11.1 Å². The van der Waals surface area contributed by atoms with E-state index < -0.39 is 23.9 Å². The lowest BCUT2D eigenvalue weighted by Crippen LogP contribution is -2.55. The molecule has 9 heteroatoms. The number of hydrogen-bond acceptors (Lipinski definition) is 4. The average molecular weight is 520 g/mol. The fourth-order valence-electron chi connectivity index (χ4n) is 5.18. The van der Waals surface area contributed by atoms with Crippen LogP contribution in [-0.2, 0) is 18.3 Å². The van der Waals surface area contributed by atoms with Crippen LogP contribution in [0.1, 0.15) is 44.5 Å². The molecule has 2 atom stereocenters. The first-order chi connectivity index (χ1) is 18.1. The molecular weight excluding hydrogens is 485 g/mol. The van der Waals surface area contributed by atoms with Crippen LogP contribution in [0, 0.1) is 0 Å². The SMILES string of the molecule is CCn1c(-c2nc3cc(C(=O)N4CC[C@@H](F)[C@H](NC(=O)OC(C)(C)C)C4)ccc3n2C)cc2ccccc21. The number of hydrogen-bond donors (Lipinski definition) is 1. The van der Waals surface area contributed by atoms with Gasteiger partial charge >= 0.3 is 6.09 Å². The van der Waals surface area contributed by atoms with Gasteiger partial charge in [0.2, 0.25) is 0 Å². The van der Waals surface area contributed by atoms with E-state index in [1.807, 2.05) is 29.8 Å². The number of benzene rings is 2. The molecule has 4 aromatic rings. The van der Waals surface area contributed by atoms with E-state index >= 15 is 0 Å². The number of imidazole rings is 1. The quantitative estimate of drug-likeness (QED) is 0.397. The second kappa shape index (κ2) is 9.78. The minimum absolute atomic E-state index is 0.0708. The molecule has 1 aliphatic rings. The van der Waals surface area contributed by atoms with Gasteiger partial charge in [-0.3, -0.25) is 4.79 Å². The summed E-state index contributed by atoms with van der Waals surface area (Å²) in [4.78, 5) is 32.1. The maximum atomic E-state index is 14.6. The Bertz CT molecular complexity index is 1520. The Morgan fingerprint density at radius 3 is 2.63 bits per heavy atom. The van der Waals surface area contributed by atoms with Crippen LogP contribution in [0.15, 0.2) is 48.5 Å². The number of aryl methyl sites for hydroxylation is 2. The maximum absolute atomic E-state index is 14.6. The molecule has 0 spiro atoms. The van der Waals surface area contributed by atoms with E-state index in [4.69, 9.17) is 9.72 Å². The molecule has 1 N–H and O–H groups in total. The third-order valence-corrected chi connectivity index (χ3v) is 7.00. The second-order valence-electron chi connectivity index (χ2n) is 10.8. The number of fused-ring (bicyclic) bond motifs is 2. The summed E-state index contributed by atoms with van der Waals surface area (Å²) in [5, 5.41) is 3.74. The third kappa shape index (κ3) is 4.85. The predicted octanol–water partition coefficient (Wildman–Crippen LogP) is 5.29. The van der Waals surface area contributed by atoms with E-state index in [9.17, 15) is 14.0 Å². The summed E-state index contributed by atoms with van der Waals surface area (Å²) in [6.45, 7) is 8.50. The van der Waals surface area contributed by atoms with Crippen molar-refractivity contribution in [1.82, 2.24) is 24.3 Å².